The summed E-state index contributed by atoms with van der Waals surface area (Å²) in [6.07, 6.45) is 2.60. The van der Waals surface area contributed by atoms with Crippen LogP contribution >= 0.6 is 11.3 Å². The average Bonchev–Trinajstić information content (AvgIpc) is 3.75. The molecular formula is C28H31N7O4S2. The molecule has 214 valence electrons. The Morgan fingerprint density at radius 2 is 1.95 bits per heavy atom. The Hall–Kier alpha value is -3.68. The van der Waals surface area contributed by atoms with Crippen molar-refractivity contribution >= 4 is 33.1 Å². The molecule has 2 aliphatic rings. The fourth-order valence-corrected chi connectivity index (χ4v) is 7.83. The normalized spacial score (nSPS) is 19.9. The van der Waals surface area contributed by atoms with Gasteiger partial charge in [0.2, 0.25) is 15.9 Å². The lowest BCUT2D eigenvalue weighted by Gasteiger charge is -2.24. The highest BCUT2D eigenvalue weighted by Crippen LogP contribution is 2.36. The minimum Gasteiger partial charge on any atom is -0.417 e. The number of pyridine rings is 1. The van der Waals surface area contributed by atoms with E-state index in [0.717, 1.165) is 29.1 Å². The molecule has 2 fully saturated rings. The molecule has 41 heavy (non-hydrogen) atoms. The van der Waals surface area contributed by atoms with Crippen molar-refractivity contribution in [3.05, 3.63) is 75.6 Å². The van der Waals surface area contributed by atoms with Crippen LogP contribution < -0.4 is 10.0 Å². The molecule has 5 heterocycles. The van der Waals surface area contributed by atoms with Gasteiger partial charge in [-0.15, -0.1) is 21.5 Å². The molecule has 0 spiro atoms. The van der Waals surface area contributed by atoms with Crippen molar-refractivity contribution in [1.82, 2.24) is 25.1 Å². The summed E-state index contributed by atoms with van der Waals surface area (Å²) in [5.41, 5.74) is 8.07. The van der Waals surface area contributed by atoms with E-state index in [0.29, 0.717) is 24.9 Å². The summed E-state index contributed by atoms with van der Waals surface area (Å²) in [7, 11) is -3.55. The third kappa shape index (κ3) is 5.48. The zero-order chi connectivity index (χ0) is 28.8. The minimum absolute atomic E-state index is 0.0233. The van der Waals surface area contributed by atoms with Gasteiger partial charge in [-0.2, -0.15) is 0 Å². The first-order valence-electron chi connectivity index (χ1n) is 13.5. The molecule has 1 unspecified atom stereocenters. The number of likely N-dealkylation sites (tertiary alicyclic amines) is 1. The number of aromatic nitrogens is 4. The number of hydrogen-bond acceptors (Lipinski definition) is 10. The summed E-state index contributed by atoms with van der Waals surface area (Å²) in [5, 5.41) is 11.3. The van der Waals surface area contributed by atoms with Crippen molar-refractivity contribution in [2.24, 2.45) is 5.73 Å². The van der Waals surface area contributed by atoms with Gasteiger partial charge in [-0.1, -0.05) is 30.3 Å². The van der Waals surface area contributed by atoms with Gasteiger partial charge in [0.1, 0.15) is 16.5 Å². The predicted octanol–water partition coefficient (Wildman–Crippen LogP) is 3.83. The van der Waals surface area contributed by atoms with E-state index in [4.69, 9.17) is 10.2 Å². The predicted molar refractivity (Wildman–Crippen MR) is 155 cm³/mol. The van der Waals surface area contributed by atoms with Crippen LogP contribution in [0.1, 0.15) is 64.7 Å². The van der Waals surface area contributed by atoms with Gasteiger partial charge in [0.25, 0.3) is 11.8 Å². The van der Waals surface area contributed by atoms with Crippen molar-refractivity contribution in [3.63, 3.8) is 0 Å². The molecule has 1 aromatic carbocycles. The number of rotatable bonds is 7. The van der Waals surface area contributed by atoms with Gasteiger partial charge in [0, 0.05) is 29.7 Å². The zero-order valence-corrected chi connectivity index (χ0v) is 24.5. The highest BCUT2D eigenvalue weighted by atomic mass is 32.2. The third-order valence-corrected chi connectivity index (χ3v) is 10.3. The fourth-order valence-electron chi connectivity index (χ4n) is 5.38. The van der Waals surface area contributed by atoms with E-state index < -0.39 is 15.6 Å². The summed E-state index contributed by atoms with van der Waals surface area (Å²) < 4.78 is 32.9. The molecular weight excluding hydrogens is 562 g/mol. The SMILES string of the molecule is Cc1csc(C2CCCN2C(=O)c2cc(-c3nnc([C@](C)(N)Cc4ccccc4)o3)nc(N3CCCS3(=O)=O)c2)n1. The number of thiazole rings is 1. The van der Waals surface area contributed by atoms with Crippen molar-refractivity contribution < 1.29 is 17.6 Å². The third-order valence-electron chi connectivity index (χ3n) is 7.40. The first kappa shape index (κ1) is 27.5. The number of carbonyl (C=O) groups is 1. The van der Waals surface area contributed by atoms with Crippen LogP contribution in [-0.4, -0.2) is 58.2 Å². The maximum atomic E-state index is 13.9. The first-order chi connectivity index (χ1) is 19.6. The molecule has 4 aromatic rings. The van der Waals surface area contributed by atoms with E-state index in [9.17, 15) is 13.2 Å². The maximum Gasteiger partial charge on any atom is 0.266 e. The van der Waals surface area contributed by atoms with Crippen molar-refractivity contribution in [2.75, 3.05) is 23.1 Å². The summed E-state index contributed by atoms with van der Waals surface area (Å²) in [5.74, 6) is 0.225. The van der Waals surface area contributed by atoms with Gasteiger partial charge >= 0.3 is 0 Å². The summed E-state index contributed by atoms with van der Waals surface area (Å²) in [6, 6.07) is 12.7. The molecule has 11 nitrogen and oxygen atoms in total. The Kier molecular flexibility index (Phi) is 7.12. The van der Waals surface area contributed by atoms with Crippen LogP contribution in [0, 0.1) is 6.92 Å². The van der Waals surface area contributed by atoms with E-state index in [1.807, 2.05) is 42.6 Å². The molecule has 0 aliphatic carbocycles. The van der Waals surface area contributed by atoms with Gasteiger partial charge in [-0.3, -0.25) is 9.10 Å². The van der Waals surface area contributed by atoms with E-state index in [1.165, 1.54) is 10.4 Å². The Morgan fingerprint density at radius 3 is 2.66 bits per heavy atom. The second-order valence-electron chi connectivity index (χ2n) is 10.8. The quantitative estimate of drug-likeness (QED) is 0.337. The van der Waals surface area contributed by atoms with Crippen molar-refractivity contribution in [2.45, 2.75) is 51.1 Å². The van der Waals surface area contributed by atoms with Gasteiger partial charge < -0.3 is 15.1 Å². The van der Waals surface area contributed by atoms with Crippen LogP contribution in [0.5, 0.6) is 0 Å². The van der Waals surface area contributed by atoms with Gasteiger partial charge in [0.15, 0.2) is 0 Å². The first-order valence-corrected chi connectivity index (χ1v) is 16.0. The largest absolute Gasteiger partial charge is 0.417 e. The lowest BCUT2D eigenvalue weighted by Crippen LogP contribution is -2.35. The standard InChI is InChI=1S/C28H31N7O4S2/c1-18-17-40-25(30-18)22-10-6-11-34(22)26(36)20-14-21(31-23(15-20)35-12-7-13-41(35,37)38)24-32-33-27(39-24)28(2,29)16-19-8-4-3-5-9-19/h3-5,8-9,14-15,17,22H,6-7,10-13,16,29H2,1-2H3/t22?,28-/m1/s1. The molecule has 0 bridgehead atoms. The number of nitrogens with two attached hydrogens (primary N) is 1. The summed E-state index contributed by atoms with van der Waals surface area (Å²) in [4.78, 5) is 24.9. The number of nitrogens with zero attached hydrogens (tertiary/aromatic N) is 6. The van der Waals surface area contributed by atoms with E-state index in [1.54, 1.807) is 29.2 Å². The number of carbonyl (C=O) groups excluding carboxylic acids is 1. The topological polar surface area (TPSA) is 148 Å². The Bertz CT molecular complexity index is 1680. The molecule has 6 rings (SSSR count). The molecule has 2 aliphatic heterocycles. The summed E-state index contributed by atoms with van der Waals surface area (Å²) >= 11 is 1.54. The molecule has 2 saturated heterocycles. The second-order valence-corrected chi connectivity index (χ2v) is 13.7. The Morgan fingerprint density at radius 1 is 1.15 bits per heavy atom. The van der Waals surface area contributed by atoms with E-state index in [-0.39, 0.29) is 47.5 Å². The molecule has 3 aromatic heterocycles. The van der Waals surface area contributed by atoms with Crippen LogP contribution in [-0.2, 0) is 22.0 Å². The minimum atomic E-state index is -3.55. The van der Waals surface area contributed by atoms with E-state index in [2.05, 4.69) is 20.2 Å². The maximum absolute atomic E-state index is 13.9. The molecule has 2 N–H and O–H groups in total. The molecule has 2 atom stereocenters. The molecule has 13 heteroatoms. The number of benzene rings is 1. The van der Waals surface area contributed by atoms with Crippen LogP contribution in [0.3, 0.4) is 0 Å². The smallest absolute Gasteiger partial charge is 0.266 e. The van der Waals surface area contributed by atoms with Crippen LogP contribution in [0.25, 0.3) is 11.6 Å². The number of hydrogen-bond donors (Lipinski definition) is 1. The second kappa shape index (κ2) is 10.6. The van der Waals surface area contributed by atoms with Crippen molar-refractivity contribution in [3.8, 4) is 11.6 Å². The lowest BCUT2D eigenvalue weighted by atomic mass is 9.94. The lowest BCUT2D eigenvalue weighted by molar-refractivity contribution is 0.0735. The number of anilines is 1. The monoisotopic (exact) mass is 593 g/mol. The van der Waals surface area contributed by atoms with Crippen LogP contribution in [0.2, 0.25) is 0 Å². The van der Waals surface area contributed by atoms with Crippen LogP contribution in [0.4, 0.5) is 5.82 Å². The highest BCUT2D eigenvalue weighted by Gasteiger charge is 2.36. The average molecular weight is 594 g/mol. The van der Waals surface area contributed by atoms with Gasteiger partial charge in [0.05, 0.1) is 17.3 Å². The molecule has 0 saturated carbocycles. The summed E-state index contributed by atoms with van der Waals surface area (Å²) in [6.45, 7) is 4.60. The van der Waals surface area contributed by atoms with Gasteiger partial charge in [-0.25, -0.2) is 18.4 Å². The molecule has 1 amide bonds. The number of aryl methyl sites for hydroxylation is 1. The Labute approximate surface area is 242 Å². The molecule has 0 radical (unpaired) electrons. The number of sulfonamides is 1. The van der Waals surface area contributed by atoms with E-state index >= 15 is 0 Å². The fraction of sp³-hybridized carbons (Fsp3) is 0.393. The Balaban J connectivity index is 1.37. The number of amides is 1. The van der Waals surface area contributed by atoms with Gasteiger partial charge in [-0.05, 0) is 57.2 Å². The highest BCUT2D eigenvalue weighted by molar-refractivity contribution is 7.93. The zero-order valence-electron chi connectivity index (χ0n) is 22.9. The van der Waals surface area contributed by atoms with Crippen LogP contribution in [0.15, 0.2) is 52.3 Å². The van der Waals surface area contributed by atoms with Crippen molar-refractivity contribution in [1.29, 1.82) is 0 Å².